The first kappa shape index (κ1) is 14.2. The molecule has 0 rings (SSSR count). The maximum Gasteiger partial charge on any atom is 0.156 e. The van der Waals surface area contributed by atoms with E-state index in [-0.39, 0.29) is 0 Å². The molecule has 0 aromatic carbocycles. The fraction of sp³-hybridized carbons (Fsp3) is 0.571. The number of nitrogens with one attached hydrogen (secondary N) is 1. The number of hydrazone groups is 1. The van der Waals surface area contributed by atoms with E-state index >= 15 is 0 Å². The van der Waals surface area contributed by atoms with Crippen LogP contribution >= 0.6 is 48.0 Å². The molecule has 0 aliphatic rings. The van der Waals surface area contributed by atoms with E-state index in [9.17, 15) is 0 Å². The van der Waals surface area contributed by atoms with E-state index < -0.39 is 0 Å². The second-order valence-electron chi connectivity index (χ2n) is 2.16. The highest BCUT2D eigenvalue weighted by Crippen LogP contribution is 2.01. The molecule has 0 saturated carbocycles. The summed E-state index contributed by atoms with van der Waals surface area (Å²) in [6, 6.07) is 0. The van der Waals surface area contributed by atoms with Crippen LogP contribution in [0.25, 0.3) is 0 Å². The van der Waals surface area contributed by atoms with E-state index in [0.29, 0.717) is 6.54 Å². The third-order valence-corrected chi connectivity index (χ3v) is 3.75. The quantitative estimate of drug-likeness (QED) is 0.476. The molecule has 0 aromatic rings. The maximum atomic E-state index is 5.03. The molecule has 0 aliphatic carbocycles. The Kier molecular flexibility index (Phi) is 8.55. The Morgan fingerprint density at radius 1 is 1.43 bits per heavy atom. The van der Waals surface area contributed by atoms with Gasteiger partial charge in [-0.2, -0.15) is 5.10 Å². The lowest BCUT2D eigenvalue weighted by Crippen LogP contribution is -2.22. The Morgan fingerprint density at radius 3 is 2.57 bits per heavy atom. The second kappa shape index (κ2) is 8.46. The Morgan fingerprint density at radius 2 is 2.07 bits per heavy atom. The highest BCUT2D eigenvalue weighted by molar-refractivity contribution is 8.22. The fourth-order valence-electron chi connectivity index (χ4n) is 0.544. The van der Waals surface area contributed by atoms with Crippen LogP contribution < -0.4 is 5.32 Å². The van der Waals surface area contributed by atoms with Gasteiger partial charge in [-0.1, -0.05) is 36.2 Å². The summed E-state index contributed by atoms with van der Waals surface area (Å²) in [4.78, 5) is 0. The fourth-order valence-corrected chi connectivity index (χ4v) is 1.21. The normalized spacial score (nSPS) is 10.2. The lowest BCUT2D eigenvalue weighted by Gasteiger charge is -2.10. The molecule has 0 bridgehead atoms. The highest BCUT2D eigenvalue weighted by atomic mass is 32.2. The summed E-state index contributed by atoms with van der Waals surface area (Å²) < 4.78 is 1.51. The number of hydrogen-bond acceptors (Lipinski definition) is 5. The van der Waals surface area contributed by atoms with Gasteiger partial charge in [-0.25, -0.2) is 0 Å². The number of rotatable bonds is 3. The molecular formula is C7H13N3S4. The van der Waals surface area contributed by atoms with E-state index in [4.69, 9.17) is 24.4 Å². The van der Waals surface area contributed by atoms with Crippen LogP contribution in [0.4, 0.5) is 0 Å². The molecule has 0 aliphatic heterocycles. The summed E-state index contributed by atoms with van der Waals surface area (Å²) in [6.07, 6.45) is 5.60. The van der Waals surface area contributed by atoms with Crippen LogP contribution in [0, 0.1) is 0 Å². The van der Waals surface area contributed by atoms with Crippen LogP contribution in [0.15, 0.2) is 5.10 Å². The van der Waals surface area contributed by atoms with Gasteiger partial charge in [0.25, 0.3) is 0 Å². The van der Waals surface area contributed by atoms with Crippen LogP contribution in [-0.2, 0) is 0 Å². The number of thiocarbonyl (C=S) groups is 2. The van der Waals surface area contributed by atoms with Crippen molar-refractivity contribution in [1.82, 2.24) is 10.3 Å². The molecule has 0 amide bonds. The van der Waals surface area contributed by atoms with Gasteiger partial charge in [0.15, 0.2) is 4.32 Å². The summed E-state index contributed by atoms with van der Waals surface area (Å²) in [5, 5.41) is 8.79. The summed E-state index contributed by atoms with van der Waals surface area (Å²) in [6.45, 7) is 0.626. The smallest absolute Gasteiger partial charge is 0.156 e. The number of hydrogen-bond donors (Lipinski definition) is 1. The van der Waals surface area contributed by atoms with Gasteiger partial charge in [-0.15, -0.1) is 11.8 Å². The zero-order chi connectivity index (χ0) is 11.0. The molecule has 0 unspecified atom stereocenters. The summed E-state index contributed by atoms with van der Waals surface area (Å²) >= 11 is 13.0. The molecule has 3 nitrogen and oxygen atoms in total. The molecule has 0 heterocycles. The SMILES string of the molecule is CSC(=S)NC/C=N/N(C)C(=S)SC. The molecular weight excluding hydrogens is 254 g/mol. The Bertz CT molecular complexity index is 229. The van der Waals surface area contributed by atoms with Crippen LogP contribution in [0.2, 0.25) is 0 Å². The average molecular weight is 267 g/mol. The molecule has 0 aromatic heterocycles. The van der Waals surface area contributed by atoms with E-state index in [1.54, 1.807) is 11.2 Å². The van der Waals surface area contributed by atoms with Crippen molar-refractivity contribution in [2.24, 2.45) is 5.10 Å². The van der Waals surface area contributed by atoms with Crippen molar-refractivity contribution in [3.05, 3.63) is 0 Å². The molecule has 0 atom stereocenters. The van der Waals surface area contributed by atoms with Crippen LogP contribution in [0.3, 0.4) is 0 Å². The third kappa shape index (κ3) is 6.58. The largest absolute Gasteiger partial charge is 0.366 e. The molecule has 0 radical (unpaired) electrons. The predicted octanol–water partition coefficient (Wildman–Crippen LogP) is 1.79. The Hall–Kier alpha value is 0.150. The zero-order valence-electron chi connectivity index (χ0n) is 8.31. The van der Waals surface area contributed by atoms with Crippen molar-refractivity contribution in [3.8, 4) is 0 Å². The van der Waals surface area contributed by atoms with Crippen molar-refractivity contribution < 1.29 is 0 Å². The van der Waals surface area contributed by atoms with Crippen molar-refractivity contribution in [1.29, 1.82) is 0 Å². The third-order valence-electron chi connectivity index (χ3n) is 1.22. The van der Waals surface area contributed by atoms with Crippen LogP contribution in [-0.4, -0.2) is 46.0 Å². The lowest BCUT2D eigenvalue weighted by atomic mass is 10.7. The van der Waals surface area contributed by atoms with Gasteiger partial charge in [0, 0.05) is 13.3 Å². The van der Waals surface area contributed by atoms with Crippen molar-refractivity contribution in [2.45, 2.75) is 0 Å². The molecule has 0 spiro atoms. The first-order valence-electron chi connectivity index (χ1n) is 3.77. The lowest BCUT2D eigenvalue weighted by molar-refractivity contribution is 0.567. The van der Waals surface area contributed by atoms with E-state index in [1.165, 1.54) is 23.5 Å². The molecule has 1 N–H and O–H groups in total. The maximum absolute atomic E-state index is 5.03. The molecule has 0 fully saturated rings. The van der Waals surface area contributed by atoms with E-state index in [2.05, 4.69) is 10.4 Å². The molecule has 80 valence electrons. The van der Waals surface area contributed by atoms with Crippen LogP contribution in [0.1, 0.15) is 0 Å². The Labute approximate surface area is 104 Å². The second-order valence-corrected chi connectivity index (χ2v) is 5.09. The van der Waals surface area contributed by atoms with Gasteiger partial charge in [0.05, 0.1) is 6.54 Å². The first-order valence-corrected chi connectivity index (χ1v) is 7.04. The van der Waals surface area contributed by atoms with Gasteiger partial charge in [-0.3, -0.25) is 5.01 Å². The number of thioether (sulfide) groups is 2. The summed E-state index contributed by atoms with van der Waals surface area (Å²) in [5.41, 5.74) is 0. The van der Waals surface area contributed by atoms with Gasteiger partial charge in [0.1, 0.15) is 4.32 Å². The van der Waals surface area contributed by atoms with Crippen LogP contribution in [0.5, 0.6) is 0 Å². The zero-order valence-corrected chi connectivity index (χ0v) is 11.6. The van der Waals surface area contributed by atoms with E-state index in [1.807, 2.05) is 19.6 Å². The Balaban J connectivity index is 3.72. The van der Waals surface area contributed by atoms with Crippen molar-refractivity contribution >= 4 is 62.8 Å². The summed E-state index contributed by atoms with van der Waals surface area (Å²) in [5.74, 6) is 0. The minimum absolute atomic E-state index is 0.626. The molecule has 0 saturated heterocycles. The van der Waals surface area contributed by atoms with Crippen molar-refractivity contribution in [2.75, 3.05) is 26.1 Å². The van der Waals surface area contributed by atoms with E-state index in [0.717, 1.165) is 8.64 Å². The van der Waals surface area contributed by atoms with Gasteiger partial charge >= 0.3 is 0 Å². The van der Waals surface area contributed by atoms with Crippen molar-refractivity contribution in [3.63, 3.8) is 0 Å². The molecule has 14 heavy (non-hydrogen) atoms. The predicted molar refractivity (Wildman–Crippen MR) is 76.5 cm³/mol. The van der Waals surface area contributed by atoms with Gasteiger partial charge in [0.2, 0.25) is 0 Å². The number of nitrogens with zero attached hydrogens (tertiary/aromatic N) is 2. The first-order chi connectivity index (χ1) is 6.61. The average Bonchev–Trinajstić information content (AvgIpc) is 2.22. The topological polar surface area (TPSA) is 27.6 Å². The molecule has 7 heteroatoms. The summed E-state index contributed by atoms with van der Waals surface area (Å²) in [7, 11) is 1.82. The standard InChI is InChI=1S/C7H13N3S4/c1-10(7(12)14-3)9-5-4-8-6(11)13-2/h5H,4H2,1-3H3,(H,8,11)/b9-5+. The minimum atomic E-state index is 0.626. The monoisotopic (exact) mass is 267 g/mol. The minimum Gasteiger partial charge on any atom is -0.366 e. The highest BCUT2D eigenvalue weighted by Gasteiger charge is 1.97. The van der Waals surface area contributed by atoms with Gasteiger partial charge < -0.3 is 5.32 Å². The van der Waals surface area contributed by atoms with Gasteiger partial charge in [-0.05, 0) is 12.5 Å².